The average Bonchev–Trinajstić information content (AvgIpc) is 3.11. The number of aryl methyl sites for hydroxylation is 1. The summed E-state index contributed by atoms with van der Waals surface area (Å²) in [5, 5.41) is 11.9. The van der Waals surface area contributed by atoms with Crippen molar-refractivity contribution in [2.75, 3.05) is 13.1 Å². The van der Waals surface area contributed by atoms with Crippen LogP contribution in [-0.4, -0.2) is 35.1 Å². The van der Waals surface area contributed by atoms with Crippen LogP contribution in [0, 0.1) is 12.8 Å². The molecule has 3 rings (SSSR count). The molecule has 142 valence electrons. The Morgan fingerprint density at radius 1 is 1.11 bits per heavy atom. The number of aliphatic carboxylic acids is 1. The summed E-state index contributed by atoms with van der Waals surface area (Å²) in [6.45, 7) is 4.14. The van der Waals surface area contributed by atoms with Gasteiger partial charge < -0.3 is 15.3 Å². The molecule has 0 aromatic heterocycles. The molecule has 2 aromatic rings. The molecule has 1 aliphatic rings. The van der Waals surface area contributed by atoms with Crippen LogP contribution in [0.2, 0.25) is 0 Å². The van der Waals surface area contributed by atoms with Crippen LogP contribution in [0.4, 0.5) is 4.79 Å². The van der Waals surface area contributed by atoms with Crippen LogP contribution in [0.5, 0.6) is 0 Å². The summed E-state index contributed by atoms with van der Waals surface area (Å²) in [4.78, 5) is 25.1. The van der Waals surface area contributed by atoms with E-state index in [1.54, 1.807) is 0 Å². The Hall–Kier alpha value is -2.82. The number of hydrogen-bond acceptors (Lipinski definition) is 2. The number of urea groups is 1. The fourth-order valence-corrected chi connectivity index (χ4v) is 3.58. The number of carbonyl (C=O) groups excluding carboxylic acids is 1. The van der Waals surface area contributed by atoms with E-state index < -0.39 is 5.97 Å². The van der Waals surface area contributed by atoms with Gasteiger partial charge in [-0.05, 0) is 47.9 Å². The van der Waals surface area contributed by atoms with Crippen molar-refractivity contribution in [1.82, 2.24) is 10.2 Å². The van der Waals surface area contributed by atoms with E-state index in [9.17, 15) is 9.59 Å². The largest absolute Gasteiger partial charge is 0.481 e. The minimum Gasteiger partial charge on any atom is -0.481 e. The maximum atomic E-state index is 12.4. The van der Waals surface area contributed by atoms with Crippen LogP contribution in [-0.2, 0) is 24.2 Å². The molecule has 1 fully saturated rings. The number of benzene rings is 2. The van der Waals surface area contributed by atoms with Gasteiger partial charge in [0.1, 0.15) is 0 Å². The van der Waals surface area contributed by atoms with Crippen molar-refractivity contribution in [2.45, 2.75) is 32.7 Å². The number of nitrogens with one attached hydrogen (secondary N) is 1. The van der Waals surface area contributed by atoms with Crippen molar-refractivity contribution in [3.05, 3.63) is 70.8 Å². The molecule has 0 spiro atoms. The SMILES string of the molecule is Cc1ccccc1CNC(=O)N1CCC(Cc2ccc(CC(=O)O)cc2)C1. The van der Waals surface area contributed by atoms with Crippen molar-refractivity contribution in [2.24, 2.45) is 5.92 Å². The summed E-state index contributed by atoms with van der Waals surface area (Å²) in [5.41, 5.74) is 4.33. The molecule has 1 unspecified atom stereocenters. The number of rotatable bonds is 6. The maximum Gasteiger partial charge on any atom is 0.317 e. The first kappa shape index (κ1) is 19.0. The monoisotopic (exact) mass is 366 g/mol. The number of carboxylic acid groups (broad SMARTS) is 1. The van der Waals surface area contributed by atoms with Crippen LogP contribution >= 0.6 is 0 Å². The Morgan fingerprint density at radius 2 is 1.81 bits per heavy atom. The first-order valence-corrected chi connectivity index (χ1v) is 9.38. The second-order valence-corrected chi connectivity index (χ2v) is 7.28. The van der Waals surface area contributed by atoms with Crippen molar-refractivity contribution < 1.29 is 14.7 Å². The van der Waals surface area contributed by atoms with E-state index in [1.165, 1.54) is 11.1 Å². The summed E-state index contributed by atoms with van der Waals surface area (Å²) in [5.74, 6) is -0.370. The first-order valence-electron chi connectivity index (χ1n) is 9.38. The number of carbonyl (C=O) groups is 2. The highest BCUT2D eigenvalue weighted by Gasteiger charge is 2.26. The highest BCUT2D eigenvalue weighted by Crippen LogP contribution is 2.21. The molecule has 0 aliphatic carbocycles. The lowest BCUT2D eigenvalue weighted by Gasteiger charge is -2.18. The van der Waals surface area contributed by atoms with E-state index in [0.717, 1.165) is 37.1 Å². The molecule has 5 nitrogen and oxygen atoms in total. The first-order chi connectivity index (χ1) is 13.0. The Labute approximate surface area is 160 Å². The number of likely N-dealkylation sites (tertiary alicyclic amines) is 1. The average molecular weight is 366 g/mol. The quantitative estimate of drug-likeness (QED) is 0.823. The fourth-order valence-electron chi connectivity index (χ4n) is 3.58. The van der Waals surface area contributed by atoms with Crippen LogP contribution < -0.4 is 5.32 Å². The minimum atomic E-state index is -0.814. The summed E-state index contributed by atoms with van der Waals surface area (Å²) < 4.78 is 0. The molecule has 2 amide bonds. The highest BCUT2D eigenvalue weighted by atomic mass is 16.4. The van der Waals surface area contributed by atoms with E-state index in [-0.39, 0.29) is 12.5 Å². The van der Waals surface area contributed by atoms with Crippen LogP contribution in [0.25, 0.3) is 0 Å². The van der Waals surface area contributed by atoms with Crippen molar-refractivity contribution in [3.63, 3.8) is 0 Å². The van der Waals surface area contributed by atoms with Gasteiger partial charge in [-0.1, -0.05) is 48.5 Å². The third kappa shape index (κ3) is 5.33. The molecule has 2 aromatic carbocycles. The molecule has 1 heterocycles. The molecule has 0 saturated carbocycles. The van der Waals surface area contributed by atoms with Gasteiger partial charge in [0.15, 0.2) is 0 Å². The molecular weight excluding hydrogens is 340 g/mol. The summed E-state index contributed by atoms with van der Waals surface area (Å²) in [7, 11) is 0. The minimum absolute atomic E-state index is 0.00226. The Bertz CT molecular complexity index is 801. The summed E-state index contributed by atoms with van der Waals surface area (Å²) >= 11 is 0. The molecule has 27 heavy (non-hydrogen) atoms. The van der Waals surface area contributed by atoms with E-state index in [4.69, 9.17) is 5.11 Å². The third-order valence-corrected chi connectivity index (χ3v) is 5.17. The van der Waals surface area contributed by atoms with Gasteiger partial charge in [0.25, 0.3) is 0 Å². The predicted molar refractivity (Wildman–Crippen MR) is 105 cm³/mol. The summed E-state index contributed by atoms with van der Waals surface area (Å²) in [6.07, 6.45) is 1.96. The van der Waals surface area contributed by atoms with Gasteiger partial charge in [-0.15, -0.1) is 0 Å². The van der Waals surface area contributed by atoms with Crippen molar-refractivity contribution >= 4 is 12.0 Å². The molecule has 5 heteroatoms. The normalized spacial score (nSPS) is 16.3. The standard InChI is InChI=1S/C22H26N2O3/c1-16-4-2-3-5-20(16)14-23-22(27)24-11-10-19(15-24)12-17-6-8-18(9-7-17)13-21(25)26/h2-9,19H,10-15H2,1H3,(H,23,27)(H,25,26). The Morgan fingerprint density at radius 3 is 2.52 bits per heavy atom. The molecule has 0 bridgehead atoms. The van der Waals surface area contributed by atoms with E-state index in [0.29, 0.717) is 12.5 Å². The molecule has 0 radical (unpaired) electrons. The lowest BCUT2D eigenvalue weighted by molar-refractivity contribution is -0.136. The van der Waals surface area contributed by atoms with Gasteiger partial charge in [-0.25, -0.2) is 4.79 Å². The van der Waals surface area contributed by atoms with Gasteiger partial charge in [0, 0.05) is 19.6 Å². The van der Waals surface area contributed by atoms with Crippen molar-refractivity contribution in [1.29, 1.82) is 0 Å². The molecular formula is C22H26N2O3. The second kappa shape index (κ2) is 8.71. The fraction of sp³-hybridized carbons (Fsp3) is 0.364. The zero-order valence-electron chi connectivity index (χ0n) is 15.6. The Balaban J connectivity index is 1.47. The van der Waals surface area contributed by atoms with Crippen LogP contribution in [0.1, 0.15) is 28.7 Å². The smallest absolute Gasteiger partial charge is 0.317 e. The summed E-state index contributed by atoms with van der Waals surface area (Å²) in [6, 6.07) is 15.8. The lowest BCUT2D eigenvalue weighted by Crippen LogP contribution is -2.38. The highest BCUT2D eigenvalue weighted by molar-refractivity contribution is 5.74. The van der Waals surface area contributed by atoms with E-state index in [2.05, 4.69) is 18.3 Å². The number of hydrogen-bond donors (Lipinski definition) is 2. The van der Waals surface area contributed by atoms with Gasteiger partial charge in [-0.3, -0.25) is 4.79 Å². The number of amides is 2. The van der Waals surface area contributed by atoms with Gasteiger partial charge in [-0.2, -0.15) is 0 Å². The number of carboxylic acids is 1. The zero-order chi connectivity index (χ0) is 19.2. The Kier molecular flexibility index (Phi) is 6.12. The molecule has 1 aliphatic heterocycles. The molecule has 1 atom stereocenters. The molecule has 1 saturated heterocycles. The van der Waals surface area contributed by atoms with Gasteiger partial charge in [0.2, 0.25) is 0 Å². The zero-order valence-corrected chi connectivity index (χ0v) is 15.6. The van der Waals surface area contributed by atoms with E-state index in [1.807, 2.05) is 47.4 Å². The third-order valence-electron chi connectivity index (χ3n) is 5.17. The van der Waals surface area contributed by atoms with Crippen molar-refractivity contribution in [3.8, 4) is 0 Å². The van der Waals surface area contributed by atoms with Crippen LogP contribution in [0.15, 0.2) is 48.5 Å². The van der Waals surface area contributed by atoms with Crippen LogP contribution in [0.3, 0.4) is 0 Å². The predicted octanol–water partition coefficient (Wildman–Crippen LogP) is 3.40. The topological polar surface area (TPSA) is 69.6 Å². The number of nitrogens with zero attached hydrogens (tertiary/aromatic N) is 1. The second-order valence-electron chi connectivity index (χ2n) is 7.28. The lowest BCUT2D eigenvalue weighted by atomic mass is 9.97. The maximum absolute atomic E-state index is 12.4. The van der Waals surface area contributed by atoms with Gasteiger partial charge in [0.05, 0.1) is 6.42 Å². The van der Waals surface area contributed by atoms with Gasteiger partial charge >= 0.3 is 12.0 Å². The molecule has 2 N–H and O–H groups in total. The van der Waals surface area contributed by atoms with E-state index >= 15 is 0 Å².